The summed E-state index contributed by atoms with van der Waals surface area (Å²) in [5, 5.41) is 2.75. The molecule has 0 unspecified atom stereocenters. The second-order valence-corrected chi connectivity index (χ2v) is 7.70. The maximum atomic E-state index is 12.1. The molecule has 0 atom stereocenters. The van der Waals surface area contributed by atoms with Crippen LogP contribution in [0.25, 0.3) is 0 Å². The fourth-order valence-electron chi connectivity index (χ4n) is 2.31. The molecule has 8 heteroatoms. The Morgan fingerprint density at radius 3 is 2.54 bits per heavy atom. The fraction of sp³-hybridized carbons (Fsp3) is 0.333. The first-order valence-electron chi connectivity index (χ1n) is 8.25. The SMILES string of the molecule is CCOc1ccc(NC(=O)CCN(Cc2cccnc2)S(C)(=O)=O)cc1. The molecule has 0 saturated carbocycles. The molecule has 2 aromatic rings. The van der Waals surface area contributed by atoms with E-state index in [2.05, 4.69) is 10.3 Å². The Bertz CT molecular complexity index is 808. The van der Waals surface area contributed by atoms with E-state index in [4.69, 9.17) is 4.74 Å². The largest absolute Gasteiger partial charge is 0.494 e. The third-order valence-corrected chi connectivity index (χ3v) is 4.84. The van der Waals surface area contributed by atoms with Crippen LogP contribution in [-0.4, -0.2) is 43.0 Å². The van der Waals surface area contributed by atoms with Crippen molar-refractivity contribution in [3.63, 3.8) is 0 Å². The summed E-state index contributed by atoms with van der Waals surface area (Å²) >= 11 is 0. The minimum Gasteiger partial charge on any atom is -0.494 e. The maximum absolute atomic E-state index is 12.1. The number of benzene rings is 1. The van der Waals surface area contributed by atoms with Gasteiger partial charge in [-0.15, -0.1) is 0 Å². The smallest absolute Gasteiger partial charge is 0.225 e. The number of nitrogens with zero attached hydrogens (tertiary/aromatic N) is 2. The Morgan fingerprint density at radius 2 is 1.96 bits per heavy atom. The Balaban J connectivity index is 1.92. The quantitative estimate of drug-likeness (QED) is 0.724. The molecule has 0 bridgehead atoms. The molecule has 7 nitrogen and oxygen atoms in total. The van der Waals surface area contributed by atoms with Gasteiger partial charge in [0.25, 0.3) is 0 Å². The zero-order chi connectivity index (χ0) is 19.0. The first-order valence-corrected chi connectivity index (χ1v) is 10.1. The number of sulfonamides is 1. The van der Waals surface area contributed by atoms with Crippen LogP contribution in [0.3, 0.4) is 0 Å². The monoisotopic (exact) mass is 377 g/mol. The molecule has 1 aromatic carbocycles. The molecule has 0 fully saturated rings. The summed E-state index contributed by atoms with van der Waals surface area (Å²) in [4.78, 5) is 16.1. The highest BCUT2D eigenvalue weighted by molar-refractivity contribution is 7.88. The van der Waals surface area contributed by atoms with Crippen molar-refractivity contribution in [2.24, 2.45) is 0 Å². The van der Waals surface area contributed by atoms with Gasteiger partial charge in [0.2, 0.25) is 15.9 Å². The van der Waals surface area contributed by atoms with Crippen molar-refractivity contribution in [2.45, 2.75) is 19.9 Å². The highest BCUT2D eigenvalue weighted by Gasteiger charge is 2.18. The predicted octanol–water partition coefficient (Wildman–Crippen LogP) is 2.27. The molecule has 1 amide bonds. The van der Waals surface area contributed by atoms with E-state index >= 15 is 0 Å². The first-order chi connectivity index (χ1) is 12.4. The lowest BCUT2D eigenvalue weighted by Crippen LogP contribution is -2.32. The molecule has 0 aliphatic rings. The number of anilines is 1. The van der Waals surface area contributed by atoms with Crippen LogP contribution in [0.1, 0.15) is 18.9 Å². The fourth-order valence-corrected chi connectivity index (χ4v) is 3.11. The molecule has 0 aliphatic carbocycles. The molecular formula is C18H23N3O4S. The van der Waals surface area contributed by atoms with Crippen molar-refractivity contribution in [1.29, 1.82) is 0 Å². The van der Waals surface area contributed by atoms with Crippen LogP contribution in [0.2, 0.25) is 0 Å². The van der Waals surface area contributed by atoms with Gasteiger partial charge in [0.15, 0.2) is 0 Å². The second kappa shape index (κ2) is 9.30. The maximum Gasteiger partial charge on any atom is 0.225 e. The van der Waals surface area contributed by atoms with Gasteiger partial charge in [-0.05, 0) is 42.8 Å². The topological polar surface area (TPSA) is 88.6 Å². The van der Waals surface area contributed by atoms with E-state index in [9.17, 15) is 13.2 Å². The van der Waals surface area contributed by atoms with Crippen molar-refractivity contribution in [3.8, 4) is 5.75 Å². The zero-order valence-electron chi connectivity index (χ0n) is 14.9. The van der Waals surface area contributed by atoms with Gasteiger partial charge in [-0.1, -0.05) is 6.07 Å². The Labute approximate surface area is 154 Å². The first kappa shape index (κ1) is 19.9. The van der Waals surface area contributed by atoms with Crippen LogP contribution in [0, 0.1) is 0 Å². The number of rotatable bonds is 9. The van der Waals surface area contributed by atoms with Gasteiger partial charge in [-0.3, -0.25) is 9.78 Å². The van der Waals surface area contributed by atoms with Crippen LogP contribution < -0.4 is 10.1 Å². The van der Waals surface area contributed by atoms with E-state index in [0.717, 1.165) is 17.6 Å². The number of hydrogen-bond acceptors (Lipinski definition) is 5. The number of nitrogens with one attached hydrogen (secondary N) is 1. The van der Waals surface area contributed by atoms with Crippen molar-refractivity contribution in [3.05, 3.63) is 54.4 Å². The number of amides is 1. The van der Waals surface area contributed by atoms with Gasteiger partial charge in [-0.2, -0.15) is 4.31 Å². The van der Waals surface area contributed by atoms with Crippen LogP contribution >= 0.6 is 0 Å². The van der Waals surface area contributed by atoms with Crippen LogP contribution in [0.4, 0.5) is 5.69 Å². The lowest BCUT2D eigenvalue weighted by atomic mass is 10.2. The molecule has 0 spiro atoms. The summed E-state index contributed by atoms with van der Waals surface area (Å²) in [5.41, 5.74) is 1.40. The molecular weight excluding hydrogens is 354 g/mol. The van der Waals surface area contributed by atoms with Crippen LogP contribution in [0.5, 0.6) is 5.75 Å². The van der Waals surface area contributed by atoms with Crippen molar-refractivity contribution in [2.75, 3.05) is 24.7 Å². The zero-order valence-corrected chi connectivity index (χ0v) is 15.7. The van der Waals surface area contributed by atoms with Gasteiger partial charge in [0, 0.05) is 37.6 Å². The highest BCUT2D eigenvalue weighted by atomic mass is 32.2. The Kier molecular flexibility index (Phi) is 7.11. The number of aromatic nitrogens is 1. The lowest BCUT2D eigenvalue weighted by molar-refractivity contribution is -0.116. The Morgan fingerprint density at radius 1 is 1.23 bits per heavy atom. The number of carbonyl (C=O) groups excluding carboxylic acids is 1. The number of pyridine rings is 1. The summed E-state index contributed by atoms with van der Waals surface area (Å²) in [6.07, 6.45) is 4.42. The van der Waals surface area contributed by atoms with Gasteiger partial charge < -0.3 is 10.1 Å². The summed E-state index contributed by atoms with van der Waals surface area (Å²) in [7, 11) is -3.43. The number of hydrogen-bond donors (Lipinski definition) is 1. The Hall–Kier alpha value is -2.45. The predicted molar refractivity (Wildman–Crippen MR) is 100 cm³/mol. The molecule has 140 valence electrons. The van der Waals surface area contributed by atoms with Crippen LogP contribution in [0.15, 0.2) is 48.8 Å². The minimum atomic E-state index is -3.43. The molecule has 0 saturated heterocycles. The second-order valence-electron chi connectivity index (χ2n) is 5.71. The molecule has 0 aliphatic heterocycles. The summed E-state index contributed by atoms with van der Waals surface area (Å²) in [6.45, 7) is 2.75. The van der Waals surface area contributed by atoms with Crippen molar-refractivity contribution in [1.82, 2.24) is 9.29 Å². The molecule has 1 heterocycles. The van der Waals surface area contributed by atoms with Gasteiger partial charge >= 0.3 is 0 Å². The minimum absolute atomic E-state index is 0.0561. The summed E-state index contributed by atoms with van der Waals surface area (Å²) in [6, 6.07) is 10.6. The average Bonchev–Trinajstić information content (AvgIpc) is 2.60. The van der Waals surface area contributed by atoms with E-state index in [-0.39, 0.29) is 25.4 Å². The van der Waals surface area contributed by atoms with Gasteiger partial charge in [0.1, 0.15) is 5.75 Å². The molecule has 1 N–H and O–H groups in total. The third kappa shape index (κ3) is 6.45. The number of ether oxygens (including phenoxy) is 1. The van der Waals surface area contributed by atoms with Crippen LogP contribution in [-0.2, 0) is 21.4 Å². The molecule has 1 aromatic heterocycles. The molecule has 26 heavy (non-hydrogen) atoms. The summed E-state index contributed by atoms with van der Waals surface area (Å²) < 4.78 is 30.5. The van der Waals surface area contributed by atoms with E-state index < -0.39 is 10.0 Å². The number of carbonyl (C=O) groups is 1. The normalized spacial score (nSPS) is 11.3. The van der Waals surface area contributed by atoms with Gasteiger partial charge in [-0.25, -0.2) is 8.42 Å². The van der Waals surface area contributed by atoms with E-state index in [0.29, 0.717) is 12.3 Å². The van der Waals surface area contributed by atoms with Crippen molar-refractivity contribution < 1.29 is 17.9 Å². The third-order valence-electron chi connectivity index (χ3n) is 3.59. The van der Waals surface area contributed by atoms with E-state index in [1.54, 1.807) is 48.8 Å². The molecule has 2 rings (SSSR count). The summed E-state index contributed by atoms with van der Waals surface area (Å²) in [5.74, 6) is 0.471. The van der Waals surface area contributed by atoms with Gasteiger partial charge in [0.05, 0.1) is 12.9 Å². The van der Waals surface area contributed by atoms with E-state index in [1.165, 1.54) is 4.31 Å². The standard InChI is InChI=1S/C18H23N3O4S/c1-3-25-17-8-6-16(7-9-17)20-18(22)10-12-21(26(2,23)24)14-15-5-4-11-19-13-15/h4-9,11,13H,3,10,12,14H2,1-2H3,(H,20,22). The average molecular weight is 377 g/mol. The van der Waals surface area contributed by atoms with E-state index in [1.807, 2.05) is 6.92 Å². The highest BCUT2D eigenvalue weighted by Crippen LogP contribution is 2.16. The lowest BCUT2D eigenvalue weighted by Gasteiger charge is -2.19. The van der Waals surface area contributed by atoms with Crippen molar-refractivity contribution >= 4 is 21.6 Å². The molecule has 0 radical (unpaired) electrons.